The molecule has 1 aromatic rings. The molecule has 2 atom stereocenters. The van der Waals surface area contributed by atoms with Gasteiger partial charge in [0, 0.05) is 19.1 Å². The lowest BCUT2D eigenvalue weighted by atomic mass is 9.94. The van der Waals surface area contributed by atoms with Crippen molar-refractivity contribution in [1.29, 1.82) is 0 Å². The van der Waals surface area contributed by atoms with Crippen LogP contribution in [-0.2, 0) is 24.3 Å². The molecule has 2 rings (SSSR count). The number of nitrogens with one attached hydrogen (secondary N) is 1. The van der Waals surface area contributed by atoms with Gasteiger partial charge in [-0.05, 0) is 44.4 Å². The van der Waals surface area contributed by atoms with E-state index in [9.17, 15) is 22.8 Å². The van der Waals surface area contributed by atoms with Crippen LogP contribution >= 0.6 is 0 Å². The molecule has 0 aromatic heterocycles. The molecule has 31 heavy (non-hydrogen) atoms. The average Bonchev–Trinajstić information content (AvgIpc) is 2.77. The monoisotopic (exact) mass is 454 g/mol. The van der Waals surface area contributed by atoms with Crippen LogP contribution in [0.2, 0.25) is 0 Å². The minimum absolute atomic E-state index is 0.00718. The normalized spacial score (nSPS) is 19.5. The van der Waals surface area contributed by atoms with Crippen LogP contribution in [-0.4, -0.2) is 63.9 Å². The average molecular weight is 455 g/mol. The van der Waals surface area contributed by atoms with E-state index in [0.29, 0.717) is 19.4 Å². The Hall–Kier alpha value is -2.46. The molecule has 1 aliphatic rings. The van der Waals surface area contributed by atoms with Crippen LogP contribution in [0.5, 0.6) is 0 Å². The summed E-state index contributed by atoms with van der Waals surface area (Å²) in [6, 6.07) is 3.28. The van der Waals surface area contributed by atoms with Crippen LogP contribution in [0, 0.1) is 5.92 Å². The highest BCUT2D eigenvalue weighted by atomic mass is 32.2. The number of benzene rings is 1. The Balaban J connectivity index is 2.42. The zero-order valence-electron chi connectivity index (χ0n) is 18.3. The van der Waals surface area contributed by atoms with Gasteiger partial charge in [0.25, 0.3) is 0 Å². The predicted molar refractivity (Wildman–Crippen MR) is 113 cm³/mol. The smallest absolute Gasteiger partial charge is 0.339 e. The van der Waals surface area contributed by atoms with E-state index in [2.05, 4.69) is 10.1 Å². The van der Waals surface area contributed by atoms with Crippen LogP contribution in [0.25, 0.3) is 0 Å². The van der Waals surface area contributed by atoms with Crippen LogP contribution in [0.4, 0.5) is 0 Å². The second-order valence-corrected chi connectivity index (χ2v) is 9.40. The number of rotatable bonds is 8. The molecule has 0 radical (unpaired) electrons. The minimum Gasteiger partial charge on any atom is -0.465 e. The number of hydrogen-bond donors (Lipinski definition) is 1. The molecule has 9 nitrogen and oxygen atoms in total. The summed E-state index contributed by atoms with van der Waals surface area (Å²) in [4.78, 5) is 36.4. The van der Waals surface area contributed by atoms with Crippen LogP contribution in [0.15, 0.2) is 23.1 Å². The van der Waals surface area contributed by atoms with Crippen molar-refractivity contribution in [3.05, 3.63) is 29.3 Å². The molecule has 1 heterocycles. The Morgan fingerprint density at radius 1 is 1.13 bits per heavy atom. The zero-order chi connectivity index (χ0) is 23.2. The summed E-state index contributed by atoms with van der Waals surface area (Å²) in [5.74, 6) is -2.24. The number of unbranched alkanes of at least 4 members (excludes halogenated alkanes) is 1. The van der Waals surface area contributed by atoms with Gasteiger partial charge in [-0.1, -0.05) is 13.3 Å². The lowest BCUT2D eigenvalue weighted by molar-refractivity contribution is -0.126. The molecule has 172 valence electrons. The van der Waals surface area contributed by atoms with E-state index >= 15 is 0 Å². The first-order chi connectivity index (χ1) is 14.7. The van der Waals surface area contributed by atoms with E-state index in [1.54, 1.807) is 6.92 Å². The predicted octanol–water partition coefficient (Wildman–Crippen LogP) is 1.97. The number of amides is 1. The molecule has 1 aliphatic heterocycles. The molecule has 0 bridgehead atoms. The number of carbonyl (C=O) groups excluding carboxylic acids is 3. The fourth-order valence-corrected chi connectivity index (χ4v) is 5.46. The maximum atomic E-state index is 13.6. The molecule has 0 unspecified atom stereocenters. The van der Waals surface area contributed by atoms with Gasteiger partial charge >= 0.3 is 11.9 Å². The van der Waals surface area contributed by atoms with Crippen LogP contribution < -0.4 is 5.32 Å². The lowest BCUT2D eigenvalue weighted by Crippen LogP contribution is -2.49. The second-order valence-electron chi connectivity index (χ2n) is 7.54. The first-order valence-corrected chi connectivity index (χ1v) is 11.7. The molecule has 1 amide bonds. The number of ether oxygens (including phenoxy) is 2. The third-order valence-electron chi connectivity index (χ3n) is 5.42. The molecular weight excluding hydrogens is 424 g/mol. The Morgan fingerprint density at radius 2 is 1.81 bits per heavy atom. The van der Waals surface area contributed by atoms with Crippen molar-refractivity contribution >= 4 is 27.9 Å². The number of methoxy groups -OCH3 is 2. The molecular formula is C21H30N2O7S. The van der Waals surface area contributed by atoms with Crippen molar-refractivity contribution in [1.82, 2.24) is 9.62 Å². The highest BCUT2D eigenvalue weighted by Crippen LogP contribution is 2.31. The Labute approximate surface area is 183 Å². The standard InChI is InChI=1S/C21H30N2O7S/c1-5-6-11-22-19(24)16-8-7-14(2)23(13-16)31(27,28)18-12-15(20(25)29-3)9-10-17(18)21(26)30-4/h9-10,12,14,16H,5-8,11,13H2,1-4H3,(H,22,24)/t14-,16-/m1/s1. The van der Waals surface area contributed by atoms with Gasteiger partial charge in [-0.15, -0.1) is 0 Å². The summed E-state index contributed by atoms with van der Waals surface area (Å²) in [6.45, 7) is 4.31. The molecule has 1 fully saturated rings. The van der Waals surface area contributed by atoms with Gasteiger partial charge in [0.15, 0.2) is 0 Å². The summed E-state index contributed by atoms with van der Waals surface area (Å²) >= 11 is 0. The fourth-order valence-electron chi connectivity index (χ4n) is 3.54. The van der Waals surface area contributed by atoms with E-state index < -0.39 is 27.9 Å². The fraction of sp³-hybridized carbons (Fsp3) is 0.571. The number of hydrogen-bond acceptors (Lipinski definition) is 7. The Morgan fingerprint density at radius 3 is 2.42 bits per heavy atom. The van der Waals surface area contributed by atoms with E-state index in [1.165, 1.54) is 23.5 Å². The van der Waals surface area contributed by atoms with Crippen molar-refractivity contribution in [2.45, 2.75) is 50.5 Å². The minimum atomic E-state index is -4.21. The van der Waals surface area contributed by atoms with Crippen molar-refractivity contribution in [2.75, 3.05) is 27.3 Å². The largest absolute Gasteiger partial charge is 0.465 e. The molecule has 1 N–H and O–H groups in total. The van der Waals surface area contributed by atoms with Gasteiger partial charge in [-0.2, -0.15) is 4.31 Å². The van der Waals surface area contributed by atoms with Crippen LogP contribution in [0.3, 0.4) is 0 Å². The Kier molecular flexibility index (Phi) is 8.58. The summed E-state index contributed by atoms with van der Waals surface area (Å²) in [5.41, 5.74) is -0.191. The van der Waals surface area contributed by atoms with Crippen LogP contribution in [0.1, 0.15) is 60.2 Å². The van der Waals surface area contributed by atoms with Crippen molar-refractivity contribution < 1.29 is 32.3 Å². The quantitative estimate of drug-likeness (QED) is 0.471. The van der Waals surface area contributed by atoms with E-state index in [1.807, 2.05) is 6.92 Å². The first-order valence-electron chi connectivity index (χ1n) is 10.3. The first kappa shape index (κ1) is 24.8. The highest BCUT2D eigenvalue weighted by Gasteiger charge is 2.39. The van der Waals surface area contributed by atoms with Gasteiger partial charge < -0.3 is 14.8 Å². The molecule has 1 aromatic carbocycles. The van der Waals surface area contributed by atoms with Gasteiger partial charge in [-0.3, -0.25) is 4.79 Å². The molecule has 0 aliphatic carbocycles. The third-order valence-corrected chi connectivity index (χ3v) is 7.44. The van der Waals surface area contributed by atoms with Crippen molar-refractivity contribution in [3.8, 4) is 0 Å². The molecule has 0 spiro atoms. The summed E-state index contributed by atoms with van der Waals surface area (Å²) in [6.07, 6.45) is 2.85. The van der Waals surface area contributed by atoms with Gasteiger partial charge in [-0.25, -0.2) is 18.0 Å². The second kappa shape index (κ2) is 10.7. The third kappa shape index (κ3) is 5.62. The van der Waals surface area contributed by atoms with E-state index in [4.69, 9.17) is 4.74 Å². The summed E-state index contributed by atoms with van der Waals surface area (Å²) in [7, 11) is -1.88. The zero-order valence-corrected chi connectivity index (χ0v) is 19.2. The van der Waals surface area contributed by atoms with Gasteiger partial charge in [0.1, 0.15) is 0 Å². The Bertz CT molecular complexity index is 930. The maximum absolute atomic E-state index is 13.6. The summed E-state index contributed by atoms with van der Waals surface area (Å²) in [5, 5.41) is 2.85. The molecule has 10 heteroatoms. The number of piperidine rings is 1. The molecule has 1 saturated heterocycles. The van der Waals surface area contributed by atoms with Crippen molar-refractivity contribution in [2.24, 2.45) is 5.92 Å². The number of esters is 2. The van der Waals surface area contributed by atoms with Gasteiger partial charge in [0.05, 0.1) is 36.2 Å². The summed E-state index contributed by atoms with van der Waals surface area (Å²) < 4.78 is 37.8. The van der Waals surface area contributed by atoms with Crippen molar-refractivity contribution in [3.63, 3.8) is 0 Å². The van der Waals surface area contributed by atoms with Gasteiger partial charge in [0.2, 0.25) is 15.9 Å². The highest BCUT2D eigenvalue weighted by molar-refractivity contribution is 7.89. The number of nitrogens with zero attached hydrogens (tertiary/aromatic N) is 1. The van der Waals surface area contributed by atoms with E-state index in [-0.39, 0.29) is 34.5 Å². The SMILES string of the molecule is CCCCNC(=O)[C@@H]1CC[C@@H](C)N(S(=O)(=O)c2cc(C(=O)OC)ccc2C(=O)OC)C1. The number of carbonyl (C=O) groups is 3. The maximum Gasteiger partial charge on any atom is 0.339 e. The molecule has 0 saturated carbocycles. The number of sulfonamides is 1. The van der Waals surface area contributed by atoms with E-state index in [0.717, 1.165) is 26.0 Å². The lowest BCUT2D eigenvalue weighted by Gasteiger charge is -2.36. The topological polar surface area (TPSA) is 119 Å².